The molecule has 1 saturated carbocycles. The zero-order valence-electron chi connectivity index (χ0n) is 18.8. The van der Waals surface area contributed by atoms with Gasteiger partial charge in [-0.15, -0.1) is 0 Å². The summed E-state index contributed by atoms with van der Waals surface area (Å²) in [6.07, 6.45) is 11.4. The van der Waals surface area contributed by atoms with Crippen molar-refractivity contribution in [2.24, 2.45) is 4.99 Å². The maximum Gasteiger partial charge on any atom is 0.225 e. The fourth-order valence-corrected chi connectivity index (χ4v) is 4.98. The van der Waals surface area contributed by atoms with Gasteiger partial charge in [0.1, 0.15) is 11.6 Å². The van der Waals surface area contributed by atoms with Gasteiger partial charge in [0.2, 0.25) is 5.95 Å². The minimum absolute atomic E-state index is 0.00653. The van der Waals surface area contributed by atoms with Crippen molar-refractivity contribution < 1.29 is 8.78 Å². The van der Waals surface area contributed by atoms with Crippen molar-refractivity contribution in [3.63, 3.8) is 0 Å². The van der Waals surface area contributed by atoms with E-state index in [9.17, 15) is 8.78 Å². The van der Waals surface area contributed by atoms with Crippen LogP contribution in [0.2, 0.25) is 0 Å². The van der Waals surface area contributed by atoms with Gasteiger partial charge < -0.3 is 4.90 Å². The van der Waals surface area contributed by atoms with Crippen LogP contribution in [0.15, 0.2) is 59.9 Å². The molecule has 0 saturated heterocycles. The van der Waals surface area contributed by atoms with Gasteiger partial charge in [-0.3, -0.25) is 4.99 Å². The Morgan fingerprint density at radius 1 is 0.818 bits per heavy atom. The van der Waals surface area contributed by atoms with Gasteiger partial charge in [-0.1, -0.05) is 49.6 Å². The van der Waals surface area contributed by atoms with E-state index in [1.165, 1.54) is 50.3 Å². The Balaban J connectivity index is 1.29. The fraction of sp³-hybridized carbons (Fsp3) is 0.370. The van der Waals surface area contributed by atoms with Crippen molar-refractivity contribution in [1.29, 1.82) is 0 Å². The molecule has 2 aliphatic rings. The van der Waals surface area contributed by atoms with E-state index >= 15 is 0 Å². The van der Waals surface area contributed by atoms with Crippen LogP contribution in [-0.2, 0) is 0 Å². The highest BCUT2D eigenvalue weighted by Gasteiger charge is 2.24. The van der Waals surface area contributed by atoms with Gasteiger partial charge in [-0.2, -0.15) is 0 Å². The van der Waals surface area contributed by atoms with E-state index in [2.05, 4.69) is 26.9 Å². The summed E-state index contributed by atoms with van der Waals surface area (Å²) < 4.78 is 28.2. The average molecular weight is 447 g/mol. The molecular formula is C27H28F2N4. The number of benzene rings is 2. The molecule has 6 heteroatoms. The second-order valence-electron chi connectivity index (χ2n) is 9.02. The van der Waals surface area contributed by atoms with Crippen LogP contribution >= 0.6 is 0 Å². The SMILES string of the molecule is CN(c1ncc(-c2ccc(C3CCC(c4c(F)cccc4F)=N3)cc2)cn1)C1CCCCC1. The smallest absolute Gasteiger partial charge is 0.225 e. The third kappa shape index (κ3) is 4.52. The minimum atomic E-state index is -0.553. The standard InChI is InChI=1S/C27H28F2N4/c1-33(21-6-3-2-4-7-21)27-30-16-20(17-31-27)18-10-12-19(13-11-18)24-14-15-25(32-24)26-22(28)8-5-9-23(26)29/h5,8-13,16-17,21,24H,2-4,6-7,14-15H2,1H3. The predicted molar refractivity (Wildman–Crippen MR) is 128 cm³/mol. The van der Waals surface area contributed by atoms with Gasteiger partial charge in [0.25, 0.3) is 0 Å². The number of nitrogens with zero attached hydrogens (tertiary/aromatic N) is 4. The van der Waals surface area contributed by atoms with E-state index < -0.39 is 11.6 Å². The van der Waals surface area contributed by atoms with Gasteiger partial charge in [0.15, 0.2) is 0 Å². The lowest BCUT2D eigenvalue weighted by Crippen LogP contribution is -2.34. The number of aromatic nitrogens is 2. The second kappa shape index (κ2) is 9.38. The lowest BCUT2D eigenvalue weighted by molar-refractivity contribution is 0.424. The van der Waals surface area contributed by atoms with E-state index in [1.54, 1.807) is 0 Å². The molecular weight excluding hydrogens is 418 g/mol. The monoisotopic (exact) mass is 446 g/mol. The predicted octanol–water partition coefficient (Wildman–Crippen LogP) is 6.51. The number of rotatable bonds is 5. The Labute approximate surface area is 193 Å². The van der Waals surface area contributed by atoms with Gasteiger partial charge in [0, 0.05) is 36.8 Å². The Morgan fingerprint density at radius 3 is 2.15 bits per heavy atom. The maximum absolute atomic E-state index is 14.1. The lowest BCUT2D eigenvalue weighted by Gasteiger charge is -2.31. The molecule has 1 atom stereocenters. The third-order valence-corrected chi connectivity index (χ3v) is 6.92. The summed E-state index contributed by atoms with van der Waals surface area (Å²) in [7, 11) is 2.09. The molecule has 0 radical (unpaired) electrons. The largest absolute Gasteiger partial charge is 0.341 e. The summed E-state index contributed by atoms with van der Waals surface area (Å²) in [6.45, 7) is 0. The van der Waals surface area contributed by atoms with Crippen molar-refractivity contribution in [3.8, 4) is 11.1 Å². The third-order valence-electron chi connectivity index (χ3n) is 6.92. The Hall–Kier alpha value is -3.15. The number of hydrogen-bond acceptors (Lipinski definition) is 4. The zero-order chi connectivity index (χ0) is 22.8. The van der Waals surface area contributed by atoms with Crippen LogP contribution in [0.1, 0.15) is 62.1 Å². The summed E-state index contributed by atoms with van der Waals surface area (Å²) in [5.41, 5.74) is 3.55. The van der Waals surface area contributed by atoms with Crippen LogP contribution in [0.25, 0.3) is 11.1 Å². The topological polar surface area (TPSA) is 41.4 Å². The molecule has 0 N–H and O–H groups in total. The average Bonchev–Trinajstić information content (AvgIpc) is 3.34. The van der Waals surface area contributed by atoms with E-state index in [4.69, 9.17) is 0 Å². The molecule has 2 aromatic carbocycles. The molecule has 1 aliphatic carbocycles. The highest BCUT2D eigenvalue weighted by atomic mass is 19.1. The van der Waals surface area contributed by atoms with Crippen LogP contribution in [-0.4, -0.2) is 28.8 Å². The Kier molecular flexibility index (Phi) is 6.16. The van der Waals surface area contributed by atoms with E-state index in [0.29, 0.717) is 18.2 Å². The Morgan fingerprint density at radius 2 is 1.48 bits per heavy atom. The first-order chi connectivity index (χ1) is 16.1. The molecule has 170 valence electrons. The molecule has 4 nitrogen and oxygen atoms in total. The number of aliphatic imine (C=N–C) groups is 1. The molecule has 1 fully saturated rings. The van der Waals surface area contributed by atoms with Gasteiger partial charge in [-0.05, 0) is 48.9 Å². The van der Waals surface area contributed by atoms with Crippen molar-refractivity contribution >= 4 is 11.7 Å². The molecule has 3 aromatic rings. The first kappa shape index (κ1) is 21.7. The number of hydrogen-bond donors (Lipinski definition) is 0. The molecule has 5 rings (SSSR count). The highest BCUT2D eigenvalue weighted by molar-refractivity contribution is 6.02. The van der Waals surface area contributed by atoms with Crippen LogP contribution in [0, 0.1) is 11.6 Å². The molecule has 2 heterocycles. The minimum Gasteiger partial charge on any atom is -0.341 e. The molecule has 1 aliphatic heterocycles. The first-order valence-electron chi connectivity index (χ1n) is 11.8. The maximum atomic E-state index is 14.1. The quantitative estimate of drug-likeness (QED) is 0.448. The van der Waals surface area contributed by atoms with E-state index in [-0.39, 0.29) is 11.6 Å². The number of halogens is 2. The van der Waals surface area contributed by atoms with E-state index in [0.717, 1.165) is 29.1 Å². The Bertz CT molecular complexity index is 1120. The second-order valence-corrected chi connectivity index (χ2v) is 9.02. The van der Waals surface area contributed by atoms with Crippen LogP contribution in [0.3, 0.4) is 0 Å². The highest BCUT2D eigenvalue weighted by Crippen LogP contribution is 2.33. The summed E-state index contributed by atoms with van der Waals surface area (Å²) in [5, 5.41) is 0. The fourth-order valence-electron chi connectivity index (χ4n) is 4.98. The van der Waals surface area contributed by atoms with Crippen LogP contribution in [0.4, 0.5) is 14.7 Å². The summed E-state index contributed by atoms with van der Waals surface area (Å²) in [6, 6.07) is 12.5. The van der Waals surface area contributed by atoms with Gasteiger partial charge >= 0.3 is 0 Å². The normalized spacial score (nSPS) is 18.9. The van der Waals surface area contributed by atoms with Crippen LogP contribution < -0.4 is 4.90 Å². The summed E-state index contributed by atoms with van der Waals surface area (Å²) >= 11 is 0. The zero-order valence-corrected chi connectivity index (χ0v) is 18.8. The van der Waals surface area contributed by atoms with E-state index in [1.807, 2.05) is 36.7 Å². The van der Waals surface area contributed by atoms with Crippen molar-refractivity contribution in [1.82, 2.24) is 9.97 Å². The van der Waals surface area contributed by atoms with Gasteiger partial charge in [0.05, 0.1) is 11.6 Å². The van der Waals surface area contributed by atoms with Crippen molar-refractivity contribution in [3.05, 3.63) is 77.6 Å². The number of anilines is 1. The lowest BCUT2D eigenvalue weighted by atomic mass is 9.95. The summed E-state index contributed by atoms with van der Waals surface area (Å²) in [5.74, 6) is -0.333. The molecule has 0 bridgehead atoms. The summed E-state index contributed by atoms with van der Waals surface area (Å²) in [4.78, 5) is 16.1. The van der Waals surface area contributed by atoms with Crippen molar-refractivity contribution in [2.75, 3.05) is 11.9 Å². The molecule has 0 amide bonds. The van der Waals surface area contributed by atoms with Crippen molar-refractivity contribution in [2.45, 2.75) is 57.0 Å². The van der Waals surface area contributed by atoms with Crippen LogP contribution in [0.5, 0.6) is 0 Å². The molecule has 1 aromatic heterocycles. The molecule has 1 unspecified atom stereocenters. The molecule has 33 heavy (non-hydrogen) atoms. The first-order valence-corrected chi connectivity index (χ1v) is 11.8. The van der Waals surface area contributed by atoms with Gasteiger partial charge in [-0.25, -0.2) is 18.7 Å². The molecule has 0 spiro atoms.